The van der Waals surface area contributed by atoms with Gasteiger partial charge in [0.15, 0.2) is 0 Å². The van der Waals surface area contributed by atoms with Crippen LogP contribution in [0.2, 0.25) is 0 Å². The van der Waals surface area contributed by atoms with Crippen LogP contribution in [0.25, 0.3) is 5.69 Å². The van der Waals surface area contributed by atoms with Crippen molar-refractivity contribution in [2.75, 3.05) is 19.4 Å². The van der Waals surface area contributed by atoms with Crippen molar-refractivity contribution in [3.05, 3.63) is 78.4 Å². The number of anilines is 1. The molecule has 0 atom stereocenters. The zero-order valence-electron chi connectivity index (χ0n) is 14.5. The zero-order valence-corrected chi connectivity index (χ0v) is 14.5. The monoisotopic (exact) mass is 334 g/mol. The summed E-state index contributed by atoms with van der Waals surface area (Å²) in [7, 11) is 3.56. The van der Waals surface area contributed by atoms with Crippen LogP contribution in [-0.2, 0) is 17.8 Å². The molecule has 25 heavy (non-hydrogen) atoms. The fourth-order valence-electron chi connectivity index (χ4n) is 2.56. The van der Waals surface area contributed by atoms with Crippen LogP contribution >= 0.6 is 0 Å². The minimum Gasteiger partial charge on any atom is -0.381 e. The fraction of sp³-hybridized carbons (Fsp3) is 0.200. The molecule has 2 aromatic carbocycles. The number of imidazole rings is 1. The molecule has 0 aliphatic carbocycles. The van der Waals surface area contributed by atoms with E-state index in [1.165, 1.54) is 5.56 Å². The summed E-state index contributed by atoms with van der Waals surface area (Å²) in [4.78, 5) is 17.7. The molecule has 1 aromatic heterocycles. The number of carbonyl (C=O) groups excluding carboxylic acids is 1. The van der Waals surface area contributed by atoms with Crippen LogP contribution in [0.5, 0.6) is 0 Å². The van der Waals surface area contributed by atoms with Crippen LogP contribution < -0.4 is 5.32 Å². The minimum atomic E-state index is 0.0962. The Morgan fingerprint density at radius 2 is 1.88 bits per heavy atom. The first kappa shape index (κ1) is 16.8. The van der Waals surface area contributed by atoms with Gasteiger partial charge in [-0.25, -0.2) is 4.98 Å². The van der Waals surface area contributed by atoms with Gasteiger partial charge < -0.3 is 14.8 Å². The molecule has 0 saturated carbocycles. The molecule has 3 rings (SSSR count). The van der Waals surface area contributed by atoms with Gasteiger partial charge in [0.05, 0.1) is 12.7 Å². The molecule has 0 fully saturated rings. The molecular formula is C20H22N4O. The average molecular weight is 334 g/mol. The van der Waals surface area contributed by atoms with E-state index in [-0.39, 0.29) is 5.91 Å². The molecule has 3 aromatic rings. The minimum absolute atomic E-state index is 0.0962. The summed E-state index contributed by atoms with van der Waals surface area (Å²) in [6.07, 6.45) is 5.87. The SMILES string of the molecule is CN(C)C(=O)Cc1ccccc1NCc1ccc(-n2ccnc2)cc1. The van der Waals surface area contributed by atoms with Gasteiger partial charge in [0.1, 0.15) is 0 Å². The number of carbonyl (C=O) groups is 1. The summed E-state index contributed by atoms with van der Waals surface area (Å²) in [6, 6.07) is 16.3. The van der Waals surface area contributed by atoms with Crippen LogP contribution in [0, 0.1) is 0 Å². The Labute approximate surface area is 147 Å². The van der Waals surface area contributed by atoms with Crippen molar-refractivity contribution in [1.82, 2.24) is 14.5 Å². The molecule has 1 amide bonds. The summed E-state index contributed by atoms with van der Waals surface area (Å²) in [6.45, 7) is 0.706. The summed E-state index contributed by atoms with van der Waals surface area (Å²) < 4.78 is 1.97. The van der Waals surface area contributed by atoms with Gasteiger partial charge in [-0.3, -0.25) is 4.79 Å². The van der Waals surface area contributed by atoms with E-state index >= 15 is 0 Å². The maximum Gasteiger partial charge on any atom is 0.226 e. The van der Waals surface area contributed by atoms with E-state index in [0.29, 0.717) is 13.0 Å². The van der Waals surface area contributed by atoms with Crippen molar-refractivity contribution in [2.24, 2.45) is 0 Å². The number of rotatable bonds is 6. The Morgan fingerprint density at radius 1 is 1.12 bits per heavy atom. The highest BCUT2D eigenvalue weighted by molar-refractivity contribution is 5.80. The standard InChI is InChI=1S/C20H22N4O/c1-23(2)20(25)13-17-5-3-4-6-19(17)22-14-16-7-9-18(10-8-16)24-12-11-21-15-24/h3-12,15,22H,13-14H2,1-2H3. The summed E-state index contributed by atoms with van der Waals surface area (Å²) in [5, 5.41) is 3.44. The third kappa shape index (κ3) is 4.26. The van der Waals surface area contributed by atoms with Crippen LogP contribution in [0.15, 0.2) is 67.3 Å². The lowest BCUT2D eigenvalue weighted by Gasteiger charge is -2.14. The number of hydrogen-bond acceptors (Lipinski definition) is 3. The van der Waals surface area contributed by atoms with E-state index in [9.17, 15) is 4.79 Å². The smallest absolute Gasteiger partial charge is 0.226 e. The maximum atomic E-state index is 12.0. The molecule has 128 valence electrons. The lowest BCUT2D eigenvalue weighted by Crippen LogP contribution is -2.23. The second kappa shape index (κ2) is 7.66. The van der Waals surface area contributed by atoms with Crippen molar-refractivity contribution >= 4 is 11.6 Å². The Hall–Kier alpha value is -3.08. The number of para-hydroxylation sites is 1. The predicted molar refractivity (Wildman–Crippen MR) is 99.7 cm³/mol. The van der Waals surface area contributed by atoms with Gasteiger partial charge in [-0.1, -0.05) is 30.3 Å². The third-order valence-electron chi connectivity index (χ3n) is 4.08. The highest BCUT2D eigenvalue weighted by atomic mass is 16.2. The van der Waals surface area contributed by atoms with Crippen LogP contribution in [0.1, 0.15) is 11.1 Å². The molecular weight excluding hydrogens is 312 g/mol. The number of likely N-dealkylation sites (N-methyl/N-ethyl adjacent to an activating group) is 1. The Balaban J connectivity index is 1.66. The van der Waals surface area contributed by atoms with Gasteiger partial charge in [0, 0.05) is 44.4 Å². The molecule has 0 spiro atoms. The highest BCUT2D eigenvalue weighted by Gasteiger charge is 2.09. The van der Waals surface area contributed by atoms with Crippen molar-refractivity contribution in [3.63, 3.8) is 0 Å². The third-order valence-corrected chi connectivity index (χ3v) is 4.08. The van der Waals surface area contributed by atoms with Crippen molar-refractivity contribution in [1.29, 1.82) is 0 Å². The number of hydrogen-bond donors (Lipinski definition) is 1. The lowest BCUT2D eigenvalue weighted by molar-refractivity contribution is -0.127. The number of benzene rings is 2. The maximum absolute atomic E-state index is 12.0. The zero-order chi connectivity index (χ0) is 17.6. The van der Waals surface area contributed by atoms with Gasteiger partial charge in [0.2, 0.25) is 5.91 Å². The van der Waals surface area contributed by atoms with Crippen molar-refractivity contribution in [3.8, 4) is 5.69 Å². The van der Waals surface area contributed by atoms with E-state index in [2.05, 4.69) is 34.6 Å². The molecule has 0 unspecified atom stereocenters. The van der Waals surface area contributed by atoms with E-state index in [4.69, 9.17) is 0 Å². The molecule has 1 N–H and O–H groups in total. The number of nitrogens with one attached hydrogen (secondary N) is 1. The van der Waals surface area contributed by atoms with E-state index in [0.717, 1.165) is 16.9 Å². The first-order valence-corrected chi connectivity index (χ1v) is 8.22. The molecule has 0 aliphatic heterocycles. The molecule has 5 heteroatoms. The van der Waals surface area contributed by atoms with E-state index in [1.54, 1.807) is 31.5 Å². The van der Waals surface area contributed by atoms with Gasteiger partial charge in [-0.15, -0.1) is 0 Å². The number of nitrogens with zero attached hydrogens (tertiary/aromatic N) is 3. The van der Waals surface area contributed by atoms with Crippen molar-refractivity contribution in [2.45, 2.75) is 13.0 Å². The molecule has 0 aliphatic rings. The fourth-order valence-corrected chi connectivity index (χ4v) is 2.56. The second-order valence-electron chi connectivity index (χ2n) is 6.11. The topological polar surface area (TPSA) is 50.2 Å². The van der Waals surface area contributed by atoms with Gasteiger partial charge in [-0.05, 0) is 29.3 Å². The van der Waals surface area contributed by atoms with Crippen molar-refractivity contribution < 1.29 is 4.79 Å². The molecule has 1 heterocycles. The molecule has 0 bridgehead atoms. The highest BCUT2D eigenvalue weighted by Crippen LogP contribution is 2.18. The molecule has 0 saturated heterocycles. The van der Waals surface area contributed by atoms with Crippen LogP contribution in [0.3, 0.4) is 0 Å². The largest absolute Gasteiger partial charge is 0.381 e. The summed E-state index contributed by atoms with van der Waals surface area (Å²) in [5.74, 6) is 0.0962. The Kier molecular flexibility index (Phi) is 5.14. The first-order valence-electron chi connectivity index (χ1n) is 8.22. The van der Waals surface area contributed by atoms with Gasteiger partial charge >= 0.3 is 0 Å². The second-order valence-corrected chi connectivity index (χ2v) is 6.11. The summed E-state index contributed by atoms with van der Waals surface area (Å²) in [5.41, 5.74) is 4.27. The van der Waals surface area contributed by atoms with E-state index < -0.39 is 0 Å². The van der Waals surface area contributed by atoms with Gasteiger partial charge in [0.25, 0.3) is 0 Å². The Bertz CT molecular complexity index is 823. The van der Waals surface area contributed by atoms with E-state index in [1.807, 2.05) is 35.0 Å². The lowest BCUT2D eigenvalue weighted by atomic mass is 10.1. The van der Waals surface area contributed by atoms with Crippen LogP contribution in [-0.4, -0.2) is 34.5 Å². The number of aromatic nitrogens is 2. The quantitative estimate of drug-likeness (QED) is 0.753. The first-order chi connectivity index (χ1) is 12.1. The normalized spacial score (nSPS) is 10.5. The average Bonchev–Trinajstić information content (AvgIpc) is 3.16. The van der Waals surface area contributed by atoms with Crippen LogP contribution in [0.4, 0.5) is 5.69 Å². The Morgan fingerprint density at radius 3 is 2.56 bits per heavy atom. The van der Waals surface area contributed by atoms with Gasteiger partial charge in [-0.2, -0.15) is 0 Å². The molecule has 5 nitrogen and oxygen atoms in total. The molecule has 0 radical (unpaired) electrons. The number of amides is 1. The summed E-state index contributed by atoms with van der Waals surface area (Å²) >= 11 is 0. The predicted octanol–water partition coefficient (Wildman–Crippen LogP) is 3.12.